The molecule has 1 aromatic carbocycles. The van der Waals surface area contributed by atoms with Crippen LogP contribution in [-0.2, 0) is 6.54 Å². The Hall–Kier alpha value is -0.710. The van der Waals surface area contributed by atoms with Gasteiger partial charge in [0.05, 0.1) is 14.5 Å². The monoisotopic (exact) mass is 316 g/mol. The molecule has 0 saturated heterocycles. The predicted molar refractivity (Wildman–Crippen MR) is 75.2 cm³/mol. The summed E-state index contributed by atoms with van der Waals surface area (Å²) >= 11 is 11.2. The van der Waals surface area contributed by atoms with Gasteiger partial charge in [-0.1, -0.05) is 11.6 Å². The maximum Gasteiger partial charge on any atom is 0.0702 e. The van der Waals surface area contributed by atoms with Crippen molar-refractivity contribution in [3.05, 3.63) is 44.0 Å². The Kier molecular flexibility index (Phi) is 3.74. The molecule has 2 aromatic rings. The van der Waals surface area contributed by atoms with E-state index in [1.807, 2.05) is 18.2 Å². The van der Waals surface area contributed by atoms with Gasteiger partial charge < -0.3 is 11.1 Å². The van der Waals surface area contributed by atoms with Crippen LogP contribution in [0.1, 0.15) is 4.88 Å². The minimum atomic E-state index is 0.649. The van der Waals surface area contributed by atoms with Crippen LogP contribution in [0.4, 0.5) is 11.4 Å². The third-order valence-corrected chi connectivity index (χ3v) is 4.01. The second kappa shape index (κ2) is 5.08. The molecule has 1 heterocycles. The van der Waals surface area contributed by atoms with E-state index in [-0.39, 0.29) is 0 Å². The molecule has 2 nitrogen and oxygen atoms in total. The first-order chi connectivity index (χ1) is 7.65. The van der Waals surface area contributed by atoms with Crippen LogP contribution in [0.5, 0.6) is 0 Å². The summed E-state index contributed by atoms with van der Waals surface area (Å²) in [5.74, 6) is 0. The first-order valence-electron chi connectivity index (χ1n) is 4.68. The standard InChI is InChI=1S/C11H10BrClN2S/c12-11-4-2-8(16-11)6-15-10-3-1-7(14)5-9(10)13/h1-5,15H,6,14H2. The fourth-order valence-corrected chi connectivity index (χ4v) is 2.98. The summed E-state index contributed by atoms with van der Waals surface area (Å²) < 4.78 is 1.13. The maximum absolute atomic E-state index is 6.05. The van der Waals surface area contributed by atoms with Crippen molar-refractivity contribution >= 4 is 50.2 Å². The van der Waals surface area contributed by atoms with E-state index in [4.69, 9.17) is 17.3 Å². The van der Waals surface area contributed by atoms with Crippen molar-refractivity contribution in [3.63, 3.8) is 0 Å². The lowest BCUT2D eigenvalue weighted by Gasteiger charge is -2.07. The molecule has 0 saturated carbocycles. The Morgan fingerprint density at radius 1 is 1.31 bits per heavy atom. The van der Waals surface area contributed by atoms with Gasteiger partial charge in [-0.3, -0.25) is 0 Å². The molecule has 16 heavy (non-hydrogen) atoms. The summed E-state index contributed by atoms with van der Waals surface area (Å²) in [6.45, 7) is 0.764. The van der Waals surface area contributed by atoms with Crippen molar-refractivity contribution in [1.29, 1.82) is 0 Å². The first kappa shape index (κ1) is 11.8. The van der Waals surface area contributed by atoms with Gasteiger partial charge in [0.2, 0.25) is 0 Å². The lowest BCUT2D eigenvalue weighted by molar-refractivity contribution is 1.19. The molecule has 5 heteroatoms. The van der Waals surface area contributed by atoms with Gasteiger partial charge in [0, 0.05) is 17.1 Å². The lowest BCUT2D eigenvalue weighted by Crippen LogP contribution is -1.98. The van der Waals surface area contributed by atoms with Crippen LogP contribution in [0.2, 0.25) is 5.02 Å². The highest BCUT2D eigenvalue weighted by Gasteiger charge is 2.01. The largest absolute Gasteiger partial charge is 0.399 e. The van der Waals surface area contributed by atoms with Gasteiger partial charge in [0.25, 0.3) is 0 Å². The number of hydrogen-bond donors (Lipinski definition) is 2. The molecule has 0 radical (unpaired) electrons. The van der Waals surface area contributed by atoms with Gasteiger partial charge in [-0.05, 0) is 46.3 Å². The number of hydrogen-bond acceptors (Lipinski definition) is 3. The van der Waals surface area contributed by atoms with Gasteiger partial charge >= 0.3 is 0 Å². The van der Waals surface area contributed by atoms with Crippen LogP contribution in [0, 0.1) is 0 Å². The summed E-state index contributed by atoms with van der Waals surface area (Å²) in [4.78, 5) is 1.25. The van der Waals surface area contributed by atoms with Gasteiger partial charge in [-0.2, -0.15) is 0 Å². The van der Waals surface area contributed by atoms with Gasteiger partial charge in [-0.15, -0.1) is 11.3 Å². The van der Waals surface area contributed by atoms with Crippen LogP contribution in [0.25, 0.3) is 0 Å². The number of nitrogen functional groups attached to an aromatic ring is 1. The number of nitrogens with two attached hydrogens (primary N) is 1. The Morgan fingerprint density at radius 2 is 2.12 bits per heavy atom. The number of nitrogens with one attached hydrogen (secondary N) is 1. The molecular weight excluding hydrogens is 308 g/mol. The van der Waals surface area contributed by atoms with Crippen molar-refractivity contribution in [2.45, 2.75) is 6.54 Å². The number of halogens is 2. The summed E-state index contributed by atoms with van der Waals surface area (Å²) in [5.41, 5.74) is 7.20. The highest BCUT2D eigenvalue weighted by atomic mass is 79.9. The van der Waals surface area contributed by atoms with Crippen LogP contribution in [0.15, 0.2) is 34.1 Å². The normalized spacial score (nSPS) is 10.4. The zero-order valence-electron chi connectivity index (χ0n) is 8.34. The average Bonchev–Trinajstić information content (AvgIpc) is 2.63. The number of rotatable bonds is 3. The average molecular weight is 318 g/mol. The zero-order valence-corrected chi connectivity index (χ0v) is 11.5. The number of thiophene rings is 1. The van der Waals surface area contributed by atoms with E-state index in [9.17, 15) is 0 Å². The van der Waals surface area contributed by atoms with Crippen molar-refractivity contribution in [3.8, 4) is 0 Å². The second-order valence-corrected chi connectivity index (χ2v) is 6.25. The molecule has 0 aliphatic heterocycles. The van der Waals surface area contributed by atoms with E-state index in [1.165, 1.54) is 4.88 Å². The van der Waals surface area contributed by atoms with Crippen molar-refractivity contribution < 1.29 is 0 Å². The molecule has 1 aromatic heterocycles. The van der Waals surface area contributed by atoms with Gasteiger partial charge in [-0.25, -0.2) is 0 Å². The fourth-order valence-electron chi connectivity index (χ4n) is 1.30. The van der Waals surface area contributed by atoms with Gasteiger partial charge in [0.1, 0.15) is 0 Å². The lowest BCUT2D eigenvalue weighted by atomic mass is 10.3. The molecule has 2 rings (SSSR count). The first-order valence-corrected chi connectivity index (χ1v) is 6.67. The van der Waals surface area contributed by atoms with Crippen LogP contribution in [0.3, 0.4) is 0 Å². The Bertz CT molecular complexity index is 498. The molecule has 0 spiro atoms. The summed E-state index contributed by atoms with van der Waals surface area (Å²) in [6.07, 6.45) is 0. The molecule has 0 fully saturated rings. The summed E-state index contributed by atoms with van der Waals surface area (Å²) in [5, 5.41) is 3.92. The van der Waals surface area contributed by atoms with Crippen molar-refractivity contribution in [1.82, 2.24) is 0 Å². The molecule has 0 atom stereocenters. The molecule has 3 N–H and O–H groups in total. The highest BCUT2D eigenvalue weighted by Crippen LogP contribution is 2.26. The Labute approximate surface area is 112 Å². The van der Waals surface area contributed by atoms with Gasteiger partial charge in [0.15, 0.2) is 0 Å². The molecule has 0 aliphatic rings. The van der Waals surface area contributed by atoms with E-state index in [1.54, 1.807) is 17.4 Å². The quantitative estimate of drug-likeness (QED) is 0.826. The molecule has 84 valence electrons. The SMILES string of the molecule is Nc1ccc(NCc2ccc(Br)s2)c(Cl)c1. The smallest absolute Gasteiger partial charge is 0.0702 e. The molecule has 0 amide bonds. The number of anilines is 2. The number of benzene rings is 1. The summed E-state index contributed by atoms with van der Waals surface area (Å²) in [7, 11) is 0. The Balaban J connectivity index is 2.04. The minimum absolute atomic E-state index is 0.649. The maximum atomic E-state index is 6.05. The van der Waals surface area contributed by atoms with Crippen LogP contribution >= 0.6 is 38.9 Å². The van der Waals surface area contributed by atoms with E-state index in [0.717, 1.165) is 16.0 Å². The molecule has 0 unspecified atom stereocenters. The van der Waals surface area contributed by atoms with E-state index in [0.29, 0.717) is 10.7 Å². The zero-order chi connectivity index (χ0) is 11.5. The van der Waals surface area contributed by atoms with Crippen molar-refractivity contribution in [2.24, 2.45) is 0 Å². The second-order valence-electron chi connectivity index (χ2n) is 3.30. The van der Waals surface area contributed by atoms with E-state index in [2.05, 4.69) is 27.3 Å². The van der Waals surface area contributed by atoms with Crippen LogP contribution < -0.4 is 11.1 Å². The molecular formula is C11H10BrClN2S. The van der Waals surface area contributed by atoms with Crippen LogP contribution in [-0.4, -0.2) is 0 Å². The topological polar surface area (TPSA) is 38.0 Å². The van der Waals surface area contributed by atoms with E-state index >= 15 is 0 Å². The van der Waals surface area contributed by atoms with E-state index < -0.39 is 0 Å². The highest BCUT2D eigenvalue weighted by molar-refractivity contribution is 9.11. The Morgan fingerprint density at radius 3 is 2.75 bits per heavy atom. The predicted octanol–water partition coefficient (Wildman–Crippen LogP) is 4.36. The summed E-state index contributed by atoms with van der Waals surface area (Å²) in [6, 6.07) is 9.58. The minimum Gasteiger partial charge on any atom is -0.399 e. The fraction of sp³-hybridized carbons (Fsp3) is 0.0909. The third kappa shape index (κ3) is 2.90. The third-order valence-electron chi connectivity index (χ3n) is 2.08. The molecule has 0 bridgehead atoms. The molecule has 0 aliphatic carbocycles. The van der Waals surface area contributed by atoms with Crippen molar-refractivity contribution in [2.75, 3.05) is 11.1 Å².